The second-order valence-corrected chi connectivity index (χ2v) is 6.26. The molecule has 4 rings (SSSR count). The molecule has 106 valence electrons. The molecule has 6 heteroatoms. The molecule has 0 aromatic carbocycles. The highest BCUT2D eigenvalue weighted by Gasteiger charge is 2.20. The van der Waals surface area contributed by atoms with Crippen LogP contribution in [0.4, 0.5) is 0 Å². The number of H-pyrrole nitrogens is 1. The maximum Gasteiger partial charge on any atom is 0.260 e. The van der Waals surface area contributed by atoms with Gasteiger partial charge in [0.1, 0.15) is 5.65 Å². The van der Waals surface area contributed by atoms with Crippen molar-refractivity contribution in [2.24, 2.45) is 0 Å². The molecule has 5 nitrogen and oxygen atoms in total. The molecule has 0 fully saturated rings. The van der Waals surface area contributed by atoms with Crippen LogP contribution in [0.1, 0.15) is 20.7 Å². The number of nitrogens with zero attached hydrogens (tertiary/aromatic N) is 2. The van der Waals surface area contributed by atoms with Crippen LogP contribution >= 0.6 is 22.6 Å². The molecular weight excluding hydrogens is 381 g/mol. The number of nitrogens with one attached hydrogen (secondary N) is 1. The average Bonchev–Trinajstić information content (AvgIpc) is 3.11. The molecule has 0 aliphatic carbocycles. The normalized spacial score (nSPS) is 14.6. The number of hydrogen-bond acceptors (Lipinski definition) is 4. The van der Waals surface area contributed by atoms with Crippen LogP contribution in [0.2, 0.25) is 0 Å². The molecule has 0 amide bonds. The van der Waals surface area contributed by atoms with Gasteiger partial charge in [0.15, 0.2) is 5.75 Å². The van der Waals surface area contributed by atoms with Crippen LogP contribution in [0, 0.1) is 6.92 Å². The molecule has 3 aromatic rings. The number of fused-ring (bicyclic) bond motifs is 2. The number of aromatic amines is 1. The molecule has 1 unspecified atom stereocenters. The monoisotopic (exact) mass is 393 g/mol. The van der Waals surface area contributed by atoms with E-state index >= 15 is 0 Å². The molecule has 1 atom stereocenters. The third-order valence-corrected chi connectivity index (χ3v) is 4.83. The Morgan fingerprint density at radius 3 is 3.00 bits per heavy atom. The second-order valence-electron chi connectivity index (χ2n) is 5.02. The number of alkyl halides is 1. The number of halogens is 1. The lowest BCUT2D eigenvalue weighted by atomic mass is 10.1. The van der Waals surface area contributed by atoms with Crippen molar-refractivity contribution >= 4 is 33.6 Å². The summed E-state index contributed by atoms with van der Waals surface area (Å²) in [5.41, 5.74) is 4.24. The molecule has 1 aliphatic heterocycles. The van der Waals surface area contributed by atoms with Gasteiger partial charge < -0.3 is 14.5 Å². The first kappa shape index (κ1) is 12.9. The van der Waals surface area contributed by atoms with Gasteiger partial charge >= 0.3 is 0 Å². The molecule has 1 N–H and O–H groups in total. The number of pyridine rings is 2. The Bertz CT molecular complexity index is 831. The van der Waals surface area contributed by atoms with Gasteiger partial charge in [-0.1, -0.05) is 22.6 Å². The number of aryl methyl sites for hydroxylation is 1. The molecule has 0 radical (unpaired) electrons. The van der Waals surface area contributed by atoms with E-state index in [1.165, 1.54) is 0 Å². The first-order valence-corrected chi connectivity index (χ1v) is 7.80. The lowest BCUT2D eigenvalue weighted by Gasteiger charge is -2.08. The zero-order valence-corrected chi connectivity index (χ0v) is 13.4. The molecule has 0 saturated carbocycles. The molecule has 21 heavy (non-hydrogen) atoms. The summed E-state index contributed by atoms with van der Waals surface area (Å²) < 4.78 is 10.8. The molecule has 3 aromatic heterocycles. The van der Waals surface area contributed by atoms with E-state index in [1.54, 1.807) is 0 Å². The van der Waals surface area contributed by atoms with Gasteiger partial charge in [0.05, 0.1) is 3.92 Å². The van der Waals surface area contributed by atoms with Crippen LogP contribution in [0.3, 0.4) is 0 Å². The molecular formula is C15H12IN3O2. The van der Waals surface area contributed by atoms with Crippen LogP contribution in [0.15, 0.2) is 30.6 Å². The summed E-state index contributed by atoms with van der Waals surface area (Å²) in [7, 11) is 0. The van der Waals surface area contributed by atoms with E-state index in [4.69, 9.17) is 9.47 Å². The Balaban J connectivity index is 1.73. The maximum absolute atomic E-state index is 5.39. The summed E-state index contributed by atoms with van der Waals surface area (Å²) in [5.74, 6) is 1.27. The van der Waals surface area contributed by atoms with Crippen LogP contribution in [-0.2, 0) is 0 Å². The van der Waals surface area contributed by atoms with Crippen molar-refractivity contribution in [3.63, 3.8) is 0 Å². The van der Waals surface area contributed by atoms with E-state index < -0.39 is 0 Å². The number of rotatable bonds is 2. The highest BCUT2D eigenvalue weighted by Crippen LogP contribution is 2.37. The first-order valence-electron chi connectivity index (χ1n) is 6.55. The molecule has 1 aliphatic rings. The highest BCUT2D eigenvalue weighted by atomic mass is 127. The fourth-order valence-corrected chi connectivity index (χ4v) is 3.09. The summed E-state index contributed by atoms with van der Waals surface area (Å²) in [4.78, 5) is 12.1. The van der Waals surface area contributed by atoms with Crippen molar-refractivity contribution in [3.8, 4) is 11.6 Å². The van der Waals surface area contributed by atoms with Gasteiger partial charge in [-0.25, -0.2) is 9.97 Å². The Kier molecular flexibility index (Phi) is 2.99. The van der Waals surface area contributed by atoms with Gasteiger partial charge in [0.2, 0.25) is 6.79 Å². The summed E-state index contributed by atoms with van der Waals surface area (Å²) in [5, 5.41) is 1.13. The largest absolute Gasteiger partial charge is 0.452 e. The summed E-state index contributed by atoms with van der Waals surface area (Å²) in [6.45, 7) is 2.29. The Morgan fingerprint density at radius 1 is 1.19 bits per heavy atom. The number of aromatic nitrogens is 3. The summed E-state index contributed by atoms with van der Waals surface area (Å²) in [6, 6.07) is 6.25. The van der Waals surface area contributed by atoms with Crippen LogP contribution in [0.5, 0.6) is 11.6 Å². The van der Waals surface area contributed by atoms with Gasteiger partial charge in [-0.3, -0.25) is 0 Å². The minimum Gasteiger partial charge on any atom is -0.452 e. The zero-order chi connectivity index (χ0) is 14.4. The first-order chi connectivity index (χ1) is 10.2. The Hall–Kier alpha value is -1.83. The minimum atomic E-state index is 0.152. The van der Waals surface area contributed by atoms with Crippen LogP contribution < -0.4 is 9.47 Å². The molecule has 4 heterocycles. The van der Waals surface area contributed by atoms with Crippen molar-refractivity contribution in [3.05, 3.63) is 47.4 Å². The topological polar surface area (TPSA) is 60.0 Å². The van der Waals surface area contributed by atoms with E-state index in [-0.39, 0.29) is 10.7 Å². The Labute approximate surface area is 134 Å². The molecule has 0 bridgehead atoms. The standard InChI is InChI=1S/C15H12IN3O2/c1-8-2-9-3-11(19-14(9)17-5-8)13(16)10-4-12-15(18-6-10)21-7-20-12/h2-6,13H,7H2,1H3,(H,17,19). The van der Waals surface area contributed by atoms with Crippen molar-refractivity contribution in [2.75, 3.05) is 6.79 Å². The van der Waals surface area contributed by atoms with Gasteiger partial charge in [0.25, 0.3) is 5.88 Å². The second kappa shape index (κ2) is 4.87. The lowest BCUT2D eigenvalue weighted by Crippen LogP contribution is -1.94. The van der Waals surface area contributed by atoms with Crippen LogP contribution in [-0.4, -0.2) is 21.7 Å². The average molecular weight is 393 g/mol. The van der Waals surface area contributed by atoms with E-state index in [0.29, 0.717) is 11.6 Å². The fourth-order valence-electron chi connectivity index (χ4n) is 2.41. The van der Waals surface area contributed by atoms with E-state index in [2.05, 4.69) is 49.7 Å². The molecule has 0 saturated heterocycles. The summed E-state index contributed by atoms with van der Waals surface area (Å²) >= 11 is 2.39. The van der Waals surface area contributed by atoms with Crippen molar-refractivity contribution < 1.29 is 9.47 Å². The zero-order valence-electron chi connectivity index (χ0n) is 11.3. The van der Waals surface area contributed by atoms with E-state index in [1.807, 2.05) is 25.4 Å². The summed E-state index contributed by atoms with van der Waals surface area (Å²) in [6.07, 6.45) is 3.70. The van der Waals surface area contributed by atoms with E-state index in [9.17, 15) is 0 Å². The van der Waals surface area contributed by atoms with Gasteiger partial charge in [-0.15, -0.1) is 0 Å². The van der Waals surface area contributed by atoms with E-state index in [0.717, 1.165) is 27.9 Å². The molecule has 0 spiro atoms. The predicted molar refractivity (Wildman–Crippen MR) is 87.1 cm³/mol. The van der Waals surface area contributed by atoms with Crippen molar-refractivity contribution in [2.45, 2.75) is 10.8 Å². The third kappa shape index (κ3) is 2.23. The van der Waals surface area contributed by atoms with Crippen LogP contribution in [0.25, 0.3) is 11.0 Å². The number of ether oxygens (including phenoxy) is 2. The third-order valence-electron chi connectivity index (χ3n) is 3.44. The number of hydrogen-bond donors (Lipinski definition) is 1. The SMILES string of the molecule is Cc1cnc2[nH]c(C(I)c3cnc4c(c3)OCO4)cc2c1. The van der Waals surface area contributed by atoms with Gasteiger partial charge in [-0.2, -0.15) is 0 Å². The Morgan fingerprint density at radius 2 is 2.10 bits per heavy atom. The van der Waals surface area contributed by atoms with Crippen molar-refractivity contribution in [1.29, 1.82) is 0 Å². The van der Waals surface area contributed by atoms with Gasteiger partial charge in [0, 0.05) is 23.5 Å². The highest BCUT2D eigenvalue weighted by molar-refractivity contribution is 14.1. The lowest BCUT2D eigenvalue weighted by molar-refractivity contribution is 0.171. The minimum absolute atomic E-state index is 0.152. The quantitative estimate of drug-likeness (QED) is 0.535. The fraction of sp³-hybridized carbons (Fsp3) is 0.200. The van der Waals surface area contributed by atoms with Crippen molar-refractivity contribution in [1.82, 2.24) is 15.0 Å². The maximum atomic E-state index is 5.39. The smallest absolute Gasteiger partial charge is 0.260 e. The predicted octanol–water partition coefficient (Wildman–Crippen LogP) is 3.52. The van der Waals surface area contributed by atoms with Gasteiger partial charge in [-0.05, 0) is 36.2 Å².